The number of nitro groups is 1. The Balaban J connectivity index is 1.78. The molecule has 0 aliphatic rings. The van der Waals surface area contributed by atoms with Gasteiger partial charge in [0.1, 0.15) is 0 Å². The molecule has 0 spiro atoms. The van der Waals surface area contributed by atoms with Crippen LogP contribution in [0.2, 0.25) is 0 Å². The maximum Gasteiger partial charge on any atom is 0.278 e. The van der Waals surface area contributed by atoms with Crippen LogP contribution in [0.15, 0.2) is 48.2 Å². The predicted octanol–water partition coefficient (Wildman–Crippen LogP) is 3.31. The fraction of sp³-hybridized carbons (Fsp3) is 0.0714. The van der Waals surface area contributed by atoms with Crippen molar-refractivity contribution in [2.45, 2.75) is 6.54 Å². The Bertz CT molecular complexity index is 937. The predicted molar refractivity (Wildman–Crippen MR) is 80.8 cm³/mol. The monoisotopic (exact) mass is 298 g/mol. The summed E-state index contributed by atoms with van der Waals surface area (Å²) in [5, 5.41) is 13.7. The molecule has 0 saturated carbocycles. The summed E-state index contributed by atoms with van der Waals surface area (Å²) in [7, 11) is 0. The molecule has 0 bridgehead atoms. The minimum absolute atomic E-state index is 0.136. The summed E-state index contributed by atoms with van der Waals surface area (Å²) in [6.45, 7) is 0.596. The van der Waals surface area contributed by atoms with Gasteiger partial charge in [0, 0.05) is 30.0 Å². The number of benzene rings is 1. The molecule has 0 saturated heterocycles. The van der Waals surface area contributed by atoms with Crippen LogP contribution in [-0.2, 0) is 6.54 Å². The summed E-state index contributed by atoms with van der Waals surface area (Å²) in [6, 6.07) is 6.91. The Labute approximate surface area is 123 Å². The average molecular weight is 298 g/mol. The van der Waals surface area contributed by atoms with Gasteiger partial charge in [-0.3, -0.25) is 14.5 Å². The second-order valence-electron chi connectivity index (χ2n) is 4.74. The van der Waals surface area contributed by atoms with Gasteiger partial charge in [0.2, 0.25) is 0 Å². The summed E-state index contributed by atoms with van der Waals surface area (Å²) < 4.78 is 3.96. The Morgan fingerprint density at radius 2 is 2.19 bits per heavy atom. The van der Waals surface area contributed by atoms with Crippen LogP contribution in [0.4, 0.5) is 5.69 Å². The third-order valence-electron chi connectivity index (χ3n) is 3.46. The normalized spacial score (nSPS) is 11.4. The highest BCUT2D eigenvalue weighted by Crippen LogP contribution is 2.26. The first-order valence-corrected chi connectivity index (χ1v) is 7.24. The molecule has 6 nitrogen and oxygen atoms in total. The Morgan fingerprint density at radius 1 is 1.29 bits per heavy atom. The van der Waals surface area contributed by atoms with E-state index in [0.29, 0.717) is 11.9 Å². The van der Waals surface area contributed by atoms with Crippen molar-refractivity contribution in [3.05, 3.63) is 64.0 Å². The van der Waals surface area contributed by atoms with Crippen LogP contribution in [0.3, 0.4) is 0 Å². The molecule has 21 heavy (non-hydrogen) atoms. The number of hydrogen-bond donors (Lipinski definition) is 0. The Hall–Kier alpha value is -2.67. The van der Waals surface area contributed by atoms with Gasteiger partial charge in [-0.05, 0) is 12.1 Å². The fourth-order valence-electron chi connectivity index (χ4n) is 2.53. The molecular formula is C14H10N4O2S. The smallest absolute Gasteiger partial charge is 0.278 e. The van der Waals surface area contributed by atoms with Gasteiger partial charge in [0.15, 0.2) is 4.96 Å². The summed E-state index contributed by atoms with van der Waals surface area (Å²) in [4.78, 5) is 16.2. The highest BCUT2D eigenvalue weighted by Gasteiger charge is 2.14. The summed E-state index contributed by atoms with van der Waals surface area (Å²) in [6.07, 6.45) is 5.81. The third kappa shape index (κ3) is 1.90. The maximum absolute atomic E-state index is 11.0. The van der Waals surface area contributed by atoms with E-state index in [1.54, 1.807) is 23.5 Å². The van der Waals surface area contributed by atoms with Crippen molar-refractivity contribution in [1.82, 2.24) is 14.0 Å². The van der Waals surface area contributed by atoms with Crippen molar-refractivity contribution in [3.63, 3.8) is 0 Å². The van der Waals surface area contributed by atoms with E-state index < -0.39 is 0 Å². The zero-order chi connectivity index (χ0) is 14.4. The number of nitrogens with zero attached hydrogens (tertiary/aromatic N) is 4. The van der Waals surface area contributed by atoms with Gasteiger partial charge in [-0.15, -0.1) is 11.3 Å². The first-order chi connectivity index (χ1) is 10.2. The van der Waals surface area contributed by atoms with Crippen LogP contribution >= 0.6 is 11.3 Å². The van der Waals surface area contributed by atoms with Gasteiger partial charge in [0.25, 0.3) is 5.69 Å². The minimum atomic E-state index is -0.348. The Morgan fingerprint density at radius 3 is 3.00 bits per heavy atom. The van der Waals surface area contributed by atoms with Crippen molar-refractivity contribution in [1.29, 1.82) is 0 Å². The molecule has 0 aliphatic heterocycles. The minimum Gasteiger partial charge on any atom is -0.341 e. The molecule has 0 N–H and O–H groups in total. The number of non-ortho nitro benzene ring substituents is 1. The molecule has 3 aromatic heterocycles. The quantitative estimate of drug-likeness (QED) is 0.430. The van der Waals surface area contributed by atoms with E-state index in [1.165, 1.54) is 6.07 Å². The van der Waals surface area contributed by atoms with Gasteiger partial charge in [-0.2, -0.15) is 0 Å². The van der Waals surface area contributed by atoms with Gasteiger partial charge >= 0.3 is 0 Å². The summed E-state index contributed by atoms with van der Waals surface area (Å²) in [5.41, 5.74) is 1.92. The van der Waals surface area contributed by atoms with Crippen molar-refractivity contribution < 1.29 is 4.92 Å². The van der Waals surface area contributed by atoms with Crippen LogP contribution < -0.4 is 0 Å². The van der Waals surface area contributed by atoms with E-state index in [0.717, 1.165) is 16.2 Å². The van der Waals surface area contributed by atoms with Crippen LogP contribution in [0.1, 0.15) is 5.69 Å². The zero-order valence-electron chi connectivity index (χ0n) is 10.8. The molecule has 7 heteroatoms. The van der Waals surface area contributed by atoms with E-state index in [-0.39, 0.29) is 10.6 Å². The highest BCUT2D eigenvalue weighted by molar-refractivity contribution is 7.15. The maximum atomic E-state index is 11.0. The largest absolute Gasteiger partial charge is 0.341 e. The summed E-state index contributed by atoms with van der Waals surface area (Å²) in [5.74, 6) is 0. The van der Waals surface area contributed by atoms with E-state index in [2.05, 4.69) is 4.98 Å². The molecule has 3 heterocycles. The van der Waals surface area contributed by atoms with Crippen molar-refractivity contribution in [2.75, 3.05) is 0 Å². The van der Waals surface area contributed by atoms with E-state index in [1.807, 2.05) is 39.0 Å². The molecular weight excluding hydrogens is 288 g/mol. The van der Waals surface area contributed by atoms with Gasteiger partial charge in [-0.25, -0.2) is 4.98 Å². The lowest BCUT2D eigenvalue weighted by Gasteiger charge is -2.02. The van der Waals surface area contributed by atoms with Crippen LogP contribution in [0.25, 0.3) is 15.9 Å². The van der Waals surface area contributed by atoms with E-state index in [9.17, 15) is 10.1 Å². The van der Waals surface area contributed by atoms with E-state index in [4.69, 9.17) is 0 Å². The van der Waals surface area contributed by atoms with Gasteiger partial charge < -0.3 is 4.57 Å². The molecule has 0 aliphatic carbocycles. The third-order valence-corrected chi connectivity index (χ3v) is 4.23. The number of fused-ring (bicyclic) bond motifs is 2. The zero-order valence-corrected chi connectivity index (χ0v) is 11.7. The van der Waals surface area contributed by atoms with Crippen LogP contribution in [0.5, 0.6) is 0 Å². The topological polar surface area (TPSA) is 65.4 Å². The first-order valence-electron chi connectivity index (χ1n) is 6.36. The molecule has 104 valence electrons. The van der Waals surface area contributed by atoms with Crippen LogP contribution in [-0.4, -0.2) is 18.9 Å². The lowest BCUT2D eigenvalue weighted by molar-refractivity contribution is -0.383. The number of aromatic nitrogens is 3. The van der Waals surface area contributed by atoms with Gasteiger partial charge in [0.05, 0.1) is 28.1 Å². The van der Waals surface area contributed by atoms with Crippen LogP contribution in [0, 0.1) is 10.1 Å². The molecule has 0 amide bonds. The molecule has 4 rings (SSSR count). The van der Waals surface area contributed by atoms with E-state index >= 15 is 0 Å². The standard InChI is InChI=1S/C14H10N4O2S/c19-18(20)13-3-1-2-12-11(13)4-5-16(12)8-10-9-17-6-7-21-14(17)15-10/h1-7,9H,8H2. The number of thiazole rings is 1. The summed E-state index contributed by atoms with van der Waals surface area (Å²) >= 11 is 1.58. The molecule has 1 aromatic carbocycles. The number of nitro benzene ring substituents is 1. The average Bonchev–Trinajstić information content (AvgIpc) is 3.13. The first kappa shape index (κ1) is 12.1. The van der Waals surface area contributed by atoms with Crippen molar-refractivity contribution in [2.24, 2.45) is 0 Å². The van der Waals surface area contributed by atoms with Crippen molar-refractivity contribution in [3.8, 4) is 0 Å². The van der Waals surface area contributed by atoms with Crippen molar-refractivity contribution >= 4 is 32.9 Å². The molecule has 0 radical (unpaired) electrons. The highest BCUT2D eigenvalue weighted by atomic mass is 32.1. The number of rotatable bonds is 3. The number of imidazole rings is 1. The van der Waals surface area contributed by atoms with Gasteiger partial charge in [-0.1, -0.05) is 6.07 Å². The molecule has 4 aromatic rings. The molecule has 0 fully saturated rings. The molecule has 0 unspecified atom stereocenters. The number of hydrogen-bond acceptors (Lipinski definition) is 4. The SMILES string of the molecule is O=[N+]([O-])c1cccc2c1ccn2Cc1cn2ccsc2n1. The molecule has 0 atom stereocenters. The second kappa shape index (κ2) is 4.42. The fourth-order valence-corrected chi connectivity index (χ4v) is 3.25. The second-order valence-corrected chi connectivity index (χ2v) is 5.61. The lowest BCUT2D eigenvalue weighted by atomic mass is 10.2. The Kier molecular flexibility index (Phi) is 2.55. The lowest BCUT2D eigenvalue weighted by Crippen LogP contribution is -1.98.